The van der Waals surface area contributed by atoms with Crippen molar-refractivity contribution in [2.75, 3.05) is 0 Å². The van der Waals surface area contributed by atoms with Crippen molar-refractivity contribution in [3.63, 3.8) is 0 Å². The van der Waals surface area contributed by atoms with Crippen LogP contribution in [0.4, 0.5) is 0 Å². The largest absolute Gasteiger partial charge is 0.492 e. The molecule has 11 heavy (non-hydrogen) atoms. The Kier molecular flexibility index (Phi) is 1.37. The fraction of sp³-hybridized carbons (Fsp3) is 0.625. The first-order valence-corrected chi connectivity index (χ1v) is 3.97. The van der Waals surface area contributed by atoms with E-state index in [0.717, 1.165) is 18.2 Å². The molecule has 0 bridgehead atoms. The van der Waals surface area contributed by atoms with Crippen molar-refractivity contribution >= 4 is 0 Å². The molecule has 0 saturated heterocycles. The summed E-state index contributed by atoms with van der Waals surface area (Å²) in [7, 11) is 1.92. The van der Waals surface area contributed by atoms with Gasteiger partial charge < -0.3 is 9.67 Å². The Hall–Kier alpha value is -0.990. The van der Waals surface area contributed by atoms with Crippen LogP contribution in [0.3, 0.4) is 0 Å². The molecule has 0 aromatic carbocycles. The summed E-state index contributed by atoms with van der Waals surface area (Å²) in [6, 6.07) is 0. The Labute approximate surface area is 65.7 Å². The number of hydrogen-bond donors (Lipinski definition) is 1. The SMILES string of the molecule is Cn1cc(O)nc1CC1CC1. The van der Waals surface area contributed by atoms with Crippen LogP contribution in [0.25, 0.3) is 0 Å². The molecule has 1 fully saturated rings. The molecule has 3 nitrogen and oxygen atoms in total. The number of imidazole rings is 1. The van der Waals surface area contributed by atoms with Crippen molar-refractivity contribution in [1.29, 1.82) is 0 Å². The maximum absolute atomic E-state index is 9.04. The molecule has 1 saturated carbocycles. The van der Waals surface area contributed by atoms with Gasteiger partial charge in [-0.05, 0) is 18.8 Å². The Balaban J connectivity index is 2.14. The average molecular weight is 152 g/mol. The van der Waals surface area contributed by atoms with Crippen LogP contribution in [0.2, 0.25) is 0 Å². The van der Waals surface area contributed by atoms with Crippen LogP contribution < -0.4 is 0 Å². The molecule has 1 aliphatic rings. The van der Waals surface area contributed by atoms with Crippen molar-refractivity contribution in [1.82, 2.24) is 9.55 Å². The number of aryl methyl sites for hydroxylation is 1. The van der Waals surface area contributed by atoms with Gasteiger partial charge in [0, 0.05) is 13.5 Å². The van der Waals surface area contributed by atoms with E-state index >= 15 is 0 Å². The lowest BCUT2D eigenvalue weighted by molar-refractivity contribution is 0.454. The van der Waals surface area contributed by atoms with Gasteiger partial charge in [0.15, 0.2) is 0 Å². The van der Waals surface area contributed by atoms with Crippen molar-refractivity contribution in [3.05, 3.63) is 12.0 Å². The molecule has 1 aromatic heterocycles. The predicted molar refractivity (Wildman–Crippen MR) is 41.3 cm³/mol. The van der Waals surface area contributed by atoms with Gasteiger partial charge in [0.25, 0.3) is 0 Å². The second-order valence-electron chi connectivity index (χ2n) is 3.27. The van der Waals surface area contributed by atoms with Crippen molar-refractivity contribution in [2.45, 2.75) is 19.3 Å². The minimum Gasteiger partial charge on any atom is -0.492 e. The summed E-state index contributed by atoms with van der Waals surface area (Å²) in [6.07, 6.45) is 5.33. The number of aromatic nitrogens is 2. The van der Waals surface area contributed by atoms with Crippen LogP contribution in [0, 0.1) is 5.92 Å². The van der Waals surface area contributed by atoms with Crippen LogP contribution in [0.1, 0.15) is 18.7 Å². The lowest BCUT2D eigenvalue weighted by atomic mass is 10.3. The smallest absolute Gasteiger partial charge is 0.229 e. The molecule has 1 aromatic rings. The predicted octanol–water partition coefficient (Wildman–Crippen LogP) is 1.08. The van der Waals surface area contributed by atoms with E-state index in [1.54, 1.807) is 6.20 Å². The zero-order valence-electron chi connectivity index (χ0n) is 6.62. The van der Waals surface area contributed by atoms with Crippen LogP contribution in [0.5, 0.6) is 5.88 Å². The first kappa shape index (κ1) is 6.70. The van der Waals surface area contributed by atoms with Gasteiger partial charge in [-0.2, -0.15) is 4.98 Å². The minimum absolute atomic E-state index is 0.142. The van der Waals surface area contributed by atoms with Crippen molar-refractivity contribution in [2.24, 2.45) is 13.0 Å². The van der Waals surface area contributed by atoms with Crippen LogP contribution in [0.15, 0.2) is 6.20 Å². The molecule has 0 atom stereocenters. The van der Waals surface area contributed by atoms with E-state index in [0.29, 0.717) is 0 Å². The number of hydrogen-bond acceptors (Lipinski definition) is 2. The molecular formula is C8H12N2O. The summed E-state index contributed by atoms with van der Waals surface area (Å²) >= 11 is 0. The highest BCUT2D eigenvalue weighted by atomic mass is 16.3. The van der Waals surface area contributed by atoms with Crippen LogP contribution in [-0.4, -0.2) is 14.7 Å². The van der Waals surface area contributed by atoms with Gasteiger partial charge in [-0.25, -0.2) is 0 Å². The molecule has 0 unspecified atom stereocenters. The molecule has 0 amide bonds. The van der Waals surface area contributed by atoms with Gasteiger partial charge in [-0.15, -0.1) is 0 Å². The molecule has 1 N–H and O–H groups in total. The number of nitrogens with zero attached hydrogens (tertiary/aromatic N) is 2. The summed E-state index contributed by atoms with van der Waals surface area (Å²) < 4.78 is 1.90. The Morgan fingerprint density at radius 3 is 2.91 bits per heavy atom. The maximum atomic E-state index is 9.04. The fourth-order valence-electron chi connectivity index (χ4n) is 1.26. The van der Waals surface area contributed by atoms with Gasteiger partial charge in [0.2, 0.25) is 5.88 Å². The van der Waals surface area contributed by atoms with Gasteiger partial charge >= 0.3 is 0 Å². The second kappa shape index (κ2) is 2.26. The third-order valence-electron chi connectivity index (χ3n) is 2.13. The summed E-state index contributed by atoms with van der Waals surface area (Å²) in [5.74, 6) is 1.98. The summed E-state index contributed by atoms with van der Waals surface area (Å²) in [4.78, 5) is 4.01. The van der Waals surface area contributed by atoms with E-state index in [9.17, 15) is 0 Å². The van der Waals surface area contributed by atoms with Crippen molar-refractivity contribution < 1.29 is 5.11 Å². The van der Waals surface area contributed by atoms with Gasteiger partial charge in [0.05, 0.1) is 6.20 Å². The van der Waals surface area contributed by atoms with E-state index in [1.807, 2.05) is 11.6 Å². The third kappa shape index (κ3) is 1.37. The molecule has 3 heteroatoms. The van der Waals surface area contributed by atoms with E-state index in [1.165, 1.54) is 12.8 Å². The first-order valence-electron chi connectivity index (χ1n) is 3.97. The lowest BCUT2D eigenvalue weighted by Crippen LogP contribution is -1.97. The Bertz CT molecular complexity index is 263. The van der Waals surface area contributed by atoms with Crippen LogP contribution >= 0.6 is 0 Å². The average Bonchev–Trinajstić information content (AvgIpc) is 2.64. The first-order chi connectivity index (χ1) is 5.25. The highest BCUT2D eigenvalue weighted by Gasteiger charge is 2.23. The molecule has 0 radical (unpaired) electrons. The van der Waals surface area contributed by atoms with Gasteiger partial charge in [-0.1, -0.05) is 0 Å². The molecule has 1 heterocycles. The zero-order valence-corrected chi connectivity index (χ0v) is 6.62. The standard InChI is InChI=1S/C8H12N2O/c1-10-5-8(11)9-7(10)4-6-2-3-6/h5-6,11H,2-4H2,1H3. The third-order valence-corrected chi connectivity index (χ3v) is 2.13. The maximum Gasteiger partial charge on any atom is 0.229 e. The minimum atomic E-state index is 0.142. The zero-order chi connectivity index (χ0) is 7.84. The molecule has 0 spiro atoms. The van der Waals surface area contributed by atoms with Gasteiger partial charge in [0.1, 0.15) is 5.82 Å². The van der Waals surface area contributed by atoms with Gasteiger partial charge in [-0.3, -0.25) is 0 Å². The summed E-state index contributed by atoms with van der Waals surface area (Å²) in [5.41, 5.74) is 0. The summed E-state index contributed by atoms with van der Waals surface area (Å²) in [6.45, 7) is 0. The second-order valence-corrected chi connectivity index (χ2v) is 3.27. The number of aromatic hydroxyl groups is 1. The molecular weight excluding hydrogens is 140 g/mol. The van der Waals surface area contributed by atoms with E-state index in [4.69, 9.17) is 5.11 Å². The van der Waals surface area contributed by atoms with Crippen molar-refractivity contribution in [3.8, 4) is 5.88 Å². The van der Waals surface area contributed by atoms with E-state index < -0.39 is 0 Å². The Morgan fingerprint density at radius 1 is 1.73 bits per heavy atom. The molecule has 60 valence electrons. The Morgan fingerprint density at radius 2 is 2.45 bits per heavy atom. The molecule has 2 rings (SSSR count). The lowest BCUT2D eigenvalue weighted by Gasteiger charge is -1.96. The summed E-state index contributed by atoms with van der Waals surface area (Å²) in [5, 5.41) is 9.04. The van der Waals surface area contributed by atoms with E-state index in [-0.39, 0.29) is 5.88 Å². The highest BCUT2D eigenvalue weighted by molar-refractivity contribution is 5.08. The molecule has 0 aliphatic heterocycles. The highest BCUT2D eigenvalue weighted by Crippen LogP contribution is 2.32. The van der Waals surface area contributed by atoms with E-state index in [2.05, 4.69) is 4.98 Å². The quantitative estimate of drug-likeness (QED) is 0.688. The monoisotopic (exact) mass is 152 g/mol. The van der Waals surface area contributed by atoms with Crippen LogP contribution in [-0.2, 0) is 13.5 Å². The fourth-order valence-corrected chi connectivity index (χ4v) is 1.26. The number of rotatable bonds is 2. The topological polar surface area (TPSA) is 38.0 Å². The normalized spacial score (nSPS) is 17.2. The molecule has 1 aliphatic carbocycles.